The molecule has 104 valence electrons. The molecule has 2 aromatic rings. The Balaban J connectivity index is 2.16. The Hall–Kier alpha value is -2.34. The standard InChI is InChI=1S/C14H13NO4S/c1-2-19-10-6-4-3-5-9(10)15-13(16)11-7-8-12(20-11)14(17)18/h3-8H,2H2,1H3,(H,15,16)(H,17,18). The molecule has 1 amide bonds. The SMILES string of the molecule is CCOc1ccccc1NC(=O)c1ccc(C(=O)O)s1. The molecule has 0 atom stereocenters. The van der Waals surface area contributed by atoms with Crippen LogP contribution in [0.2, 0.25) is 0 Å². The van der Waals surface area contributed by atoms with E-state index in [1.807, 2.05) is 13.0 Å². The number of carbonyl (C=O) groups excluding carboxylic acids is 1. The van der Waals surface area contributed by atoms with E-state index in [0.717, 1.165) is 11.3 Å². The predicted octanol–water partition coefficient (Wildman–Crippen LogP) is 3.10. The minimum Gasteiger partial charge on any atom is -0.492 e. The molecule has 6 heteroatoms. The van der Waals surface area contributed by atoms with Crippen molar-refractivity contribution in [1.29, 1.82) is 0 Å². The summed E-state index contributed by atoms with van der Waals surface area (Å²) in [6.45, 7) is 2.35. The Bertz CT molecular complexity index is 636. The van der Waals surface area contributed by atoms with Gasteiger partial charge in [0.05, 0.1) is 17.2 Å². The molecule has 2 N–H and O–H groups in total. The summed E-state index contributed by atoms with van der Waals surface area (Å²) in [4.78, 5) is 23.3. The summed E-state index contributed by atoms with van der Waals surface area (Å²) < 4.78 is 5.41. The zero-order valence-corrected chi connectivity index (χ0v) is 11.6. The summed E-state index contributed by atoms with van der Waals surface area (Å²) in [6, 6.07) is 10.00. The molecule has 2 rings (SSSR count). The molecule has 20 heavy (non-hydrogen) atoms. The first kappa shape index (κ1) is 14.1. The van der Waals surface area contributed by atoms with Gasteiger partial charge in [-0.2, -0.15) is 0 Å². The van der Waals surface area contributed by atoms with Crippen LogP contribution in [0.25, 0.3) is 0 Å². The van der Waals surface area contributed by atoms with E-state index < -0.39 is 5.97 Å². The monoisotopic (exact) mass is 291 g/mol. The van der Waals surface area contributed by atoms with Crippen molar-refractivity contribution in [3.8, 4) is 5.75 Å². The van der Waals surface area contributed by atoms with Crippen molar-refractivity contribution in [2.24, 2.45) is 0 Å². The minimum absolute atomic E-state index is 0.133. The average Bonchev–Trinajstić information content (AvgIpc) is 2.91. The number of nitrogens with one attached hydrogen (secondary N) is 1. The third-order valence-electron chi connectivity index (χ3n) is 2.48. The van der Waals surface area contributed by atoms with Gasteiger partial charge in [0.1, 0.15) is 10.6 Å². The molecular formula is C14H13NO4S. The molecule has 0 saturated heterocycles. The molecule has 0 fully saturated rings. The fourth-order valence-corrected chi connectivity index (χ4v) is 2.35. The number of benzene rings is 1. The van der Waals surface area contributed by atoms with Crippen LogP contribution in [-0.2, 0) is 0 Å². The summed E-state index contributed by atoms with van der Waals surface area (Å²) in [6.07, 6.45) is 0. The summed E-state index contributed by atoms with van der Waals surface area (Å²) in [5.74, 6) is -0.809. The van der Waals surface area contributed by atoms with Gasteiger partial charge in [-0.1, -0.05) is 12.1 Å². The second kappa shape index (κ2) is 6.21. The Labute approximate surface area is 119 Å². The maximum atomic E-state index is 12.1. The number of hydrogen-bond donors (Lipinski definition) is 2. The van der Waals surface area contributed by atoms with Crippen molar-refractivity contribution in [1.82, 2.24) is 0 Å². The van der Waals surface area contributed by atoms with Crippen LogP contribution in [0.15, 0.2) is 36.4 Å². The Morgan fingerprint density at radius 3 is 2.55 bits per heavy atom. The second-order valence-electron chi connectivity index (χ2n) is 3.85. The van der Waals surface area contributed by atoms with E-state index in [0.29, 0.717) is 22.9 Å². The number of para-hydroxylation sites is 2. The number of hydrogen-bond acceptors (Lipinski definition) is 4. The number of aromatic carboxylic acids is 1. The van der Waals surface area contributed by atoms with Crippen LogP contribution < -0.4 is 10.1 Å². The molecule has 0 unspecified atom stereocenters. The number of carbonyl (C=O) groups is 2. The number of amides is 1. The molecule has 0 saturated carbocycles. The van der Waals surface area contributed by atoms with Crippen molar-refractivity contribution in [2.45, 2.75) is 6.92 Å². The van der Waals surface area contributed by atoms with Crippen LogP contribution in [-0.4, -0.2) is 23.6 Å². The van der Waals surface area contributed by atoms with Crippen molar-refractivity contribution in [3.05, 3.63) is 46.2 Å². The van der Waals surface area contributed by atoms with Crippen LogP contribution in [0.5, 0.6) is 5.75 Å². The maximum absolute atomic E-state index is 12.1. The summed E-state index contributed by atoms with van der Waals surface area (Å²) in [7, 11) is 0. The largest absolute Gasteiger partial charge is 0.492 e. The Morgan fingerprint density at radius 2 is 1.90 bits per heavy atom. The third-order valence-corrected chi connectivity index (χ3v) is 3.55. The van der Waals surface area contributed by atoms with Gasteiger partial charge in [0, 0.05) is 0 Å². The van der Waals surface area contributed by atoms with Crippen molar-refractivity contribution in [3.63, 3.8) is 0 Å². The quantitative estimate of drug-likeness (QED) is 0.887. The molecule has 5 nitrogen and oxygen atoms in total. The first-order valence-corrected chi connectivity index (χ1v) is 6.79. The van der Waals surface area contributed by atoms with Crippen LogP contribution >= 0.6 is 11.3 Å². The van der Waals surface area contributed by atoms with Crippen molar-refractivity contribution < 1.29 is 19.4 Å². The first-order chi connectivity index (χ1) is 9.61. The minimum atomic E-state index is -1.04. The van der Waals surface area contributed by atoms with Crippen LogP contribution in [0.1, 0.15) is 26.3 Å². The van der Waals surface area contributed by atoms with Gasteiger partial charge in [-0.25, -0.2) is 4.79 Å². The highest BCUT2D eigenvalue weighted by molar-refractivity contribution is 7.15. The Morgan fingerprint density at radius 1 is 1.20 bits per heavy atom. The molecule has 0 bridgehead atoms. The lowest BCUT2D eigenvalue weighted by Gasteiger charge is -2.10. The molecule has 0 aliphatic heterocycles. The molecule has 1 aromatic carbocycles. The van der Waals surface area contributed by atoms with Gasteiger partial charge < -0.3 is 15.2 Å². The maximum Gasteiger partial charge on any atom is 0.345 e. The number of thiophene rings is 1. The molecule has 0 aliphatic carbocycles. The number of anilines is 1. The highest BCUT2D eigenvalue weighted by Gasteiger charge is 2.14. The highest BCUT2D eigenvalue weighted by atomic mass is 32.1. The van der Waals surface area contributed by atoms with Crippen LogP contribution in [0, 0.1) is 0 Å². The van der Waals surface area contributed by atoms with Gasteiger partial charge in [-0.3, -0.25) is 4.79 Å². The number of rotatable bonds is 5. The summed E-state index contributed by atoms with van der Waals surface area (Å²) in [5.41, 5.74) is 0.560. The fourth-order valence-electron chi connectivity index (χ4n) is 1.61. The Kier molecular flexibility index (Phi) is 4.37. The molecule has 0 radical (unpaired) electrons. The number of ether oxygens (including phenoxy) is 1. The predicted molar refractivity (Wildman–Crippen MR) is 76.8 cm³/mol. The second-order valence-corrected chi connectivity index (χ2v) is 4.94. The lowest BCUT2D eigenvalue weighted by molar-refractivity contribution is 0.0702. The van der Waals surface area contributed by atoms with E-state index in [1.54, 1.807) is 18.2 Å². The summed E-state index contributed by atoms with van der Waals surface area (Å²) in [5, 5.41) is 11.6. The molecule has 1 heterocycles. The van der Waals surface area contributed by atoms with E-state index in [1.165, 1.54) is 12.1 Å². The molecule has 0 aliphatic rings. The van der Waals surface area contributed by atoms with Crippen molar-refractivity contribution >= 4 is 28.9 Å². The van der Waals surface area contributed by atoms with Gasteiger partial charge in [0.2, 0.25) is 0 Å². The van der Waals surface area contributed by atoms with Gasteiger partial charge in [0.25, 0.3) is 5.91 Å². The number of carboxylic acids is 1. The normalized spacial score (nSPS) is 10.1. The average molecular weight is 291 g/mol. The zero-order valence-electron chi connectivity index (χ0n) is 10.8. The van der Waals surface area contributed by atoms with Gasteiger partial charge in [-0.05, 0) is 31.2 Å². The smallest absolute Gasteiger partial charge is 0.345 e. The van der Waals surface area contributed by atoms with Gasteiger partial charge in [-0.15, -0.1) is 11.3 Å². The molecular weight excluding hydrogens is 278 g/mol. The van der Waals surface area contributed by atoms with Gasteiger partial charge in [0.15, 0.2) is 0 Å². The highest BCUT2D eigenvalue weighted by Crippen LogP contribution is 2.25. The van der Waals surface area contributed by atoms with E-state index in [4.69, 9.17) is 9.84 Å². The zero-order chi connectivity index (χ0) is 14.5. The lowest BCUT2D eigenvalue weighted by atomic mass is 10.3. The van der Waals surface area contributed by atoms with E-state index >= 15 is 0 Å². The van der Waals surface area contributed by atoms with Gasteiger partial charge >= 0.3 is 5.97 Å². The van der Waals surface area contributed by atoms with Crippen molar-refractivity contribution in [2.75, 3.05) is 11.9 Å². The van der Waals surface area contributed by atoms with E-state index in [9.17, 15) is 9.59 Å². The van der Waals surface area contributed by atoms with E-state index in [-0.39, 0.29) is 10.8 Å². The molecule has 0 spiro atoms. The molecule has 1 aromatic heterocycles. The van der Waals surface area contributed by atoms with E-state index in [2.05, 4.69) is 5.32 Å². The fraction of sp³-hybridized carbons (Fsp3) is 0.143. The third kappa shape index (κ3) is 3.16. The number of carboxylic acid groups (broad SMARTS) is 1. The topological polar surface area (TPSA) is 75.6 Å². The summed E-state index contributed by atoms with van der Waals surface area (Å²) >= 11 is 0.935. The van der Waals surface area contributed by atoms with Crippen LogP contribution in [0.3, 0.4) is 0 Å². The lowest BCUT2D eigenvalue weighted by Crippen LogP contribution is -2.11. The van der Waals surface area contributed by atoms with Crippen LogP contribution in [0.4, 0.5) is 5.69 Å². The first-order valence-electron chi connectivity index (χ1n) is 5.98.